The van der Waals surface area contributed by atoms with Gasteiger partial charge < -0.3 is 15.7 Å². The largest absolute Gasteiger partial charge is 1.00 e. The van der Waals surface area contributed by atoms with Gasteiger partial charge in [0.15, 0.2) is 6.04 Å². The fourth-order valence-corrected chi connectivity index (χ4v) is 5.23. The zero-order chi connectivity index (χ0) is 30.3. The van der Waals surface area contributed by atoms with Crippen molar-refractivity contribution in [2.75, 3.05) is 15.5 Å². The molecule has 2 aliphatic heterocycles. The summed E-state index contributed by atoms with van der Waals surface area (Å²) < 4.78 is 33.8. The van der Waals surface area contributed by atoms with Gasteiger partial charge in [0.1, 0.15) is 10.6 Å². The summed E-state index contributed by atoms with van der Waals surface area (Å²) in [5.41, 5.74) is 3.67. The normalized spacial score (nSPS) is 16.3. The van der Waals surface area contributed by atoms with Crippen LogP contribution in [-0.2, 0) is 14.9 Å². The molecule has 216 valence electrons. The Labute approximate surface area is 277 Å². The first-order chi connectivity index (χ1) is 19.8. The van der Waals surface area contributed by atoms with Crippen LogP contribution in [0.4, 0.5) is 28.4 Å². The molecule has 14 nitrogen and oxygen atoms in total. The summed E-state index contributed by atoms with van der Waals surface area (Å²) in [6.45, 7) is 3.30. The number of hydrazine groups is 1. The van der Waals surface area contributed by atoms with Gasteiger partial charge in [-0.2, -0.15) is 28.8 Å². The smallest absolute Gasteiger partial charge is 0.739 e. The van der Waals surface area contributed by atoms with Gasteiger partial charge in [-0.3, -0.25) is 19.6 Å². The molecule has 18 heteroatoms. The number of nitrogens with one attached hydrogen (secondary N) is 2. The SMILES string of the molecule is CC1=NN(c2c(C)cccc2Cl)C(=O)C1N=Nc1cc(NC(=O)c2ccc3c(c2)N([O-])NC(Cl)=N3)ccc1S(=O)(=O)O.[Na+]. The molecular weight excluding hydrogens is 634 g/mol. The first-order valence-corrected chi connectivity index (χ1v) is 14.1. The Morgan fingerprint density at radius 1 is 1.14 bits per heavy atom. The van der Waals surface area contributed by atoms with Crippen LogP contribution < -0.4 is 50.5 Å². The molecule has 3 N–H and O–H groups in total. The number of amidine groups is 1. The summed E-state index contributed by atoms with van der Waals surface area (Å²) in [6, 6.07) is 11.4. The number of hydrazone groups is 1. The number of halogens is 2. The summed E-state index contributed by atoms with van der Waals surface area (Å²) >= 11 is 12.0. The number of carbonyl (C=O) groups excluding carboxylic acids is 2. The van der Waals surface area contributed by atoms with Crippen LogP contribution in [-0.4, -0.2) is 41.8 Å². The number of rotatable bonds is 6. The average molecular weight is 653 g/mol. The Bertz CT molecular complexity index is 1830. The number of nitrogens with zero attached hydrogens (tertiary/aromatic N) is 6. The maximum atomic E-state index is 13.2. The molecule has 0 aromatic heterocycles. The summed E-state index contributed by atoms with van der Waals surface area (Å²) in [6.07, 6.45) is 0. The number of aliphatic imine (C=N–C) groups is 1. The van der Waals surface area contributed by atoms with E-state index in [1.54, 1.807) is 32.0 Å². The standard InChI is InChI=1S/C25H19Cl2N8O6S.Na/c1-12-4-3-5-16(26)22(12)34-24(37)21(13(2)32-34)31-30-18-11-15(7-9-20(18)42(39,40)41)28-23(36)14-6-8-17-19(10-14)35(38)33-25(27)29-17;/h3-11,21H,1-2H3,(H,28,36)(H,29,33)(H,39,40,41);/q-1;+1. The van der Waals surface area contributed by atoms with Gasteiger partial charge in [0.05, 0.1) is 27.8 Å². The van der Waals surface area contributed by atoms with Gasteiger partial charge in [0.2, 0.25) is 5.29 Å². The molecule has 0 spiro atoms. The predicted molar refractivity (Wildman–Crippen MR) is 158 cm³/mol. The molecule has 3 aromatic carbocycles. The number of para-hydroxylation sites is 1. The fourth-order valence-electron chi connectivity index (χ4n) is 4.15. The molecule has 43 heavy (non-hydrogen) atoms. The molecule has 0 radical (unpaired) electrons. The molecule has 0 saturated heterocycles. The van der Waals surface area contributed by atoms with E-state index in [9.17, 15) is 27.8 Å². The van der Waals surface area contributed by atoms with Gasteiger partial charge in [0, 0.05) is 11.3 Å². The third-order valence-corrected chi connectivity index (χ3v) is 7.52. The van der Waals surface area contributed by atoms with E-state index in [1.165, 1.54) is 24.3 Å². The van der Waals surface area contributed by atoms with Crippen molar-refractivity contribution in [3.05, 3.63) is 76.0 Å². The second-order valence-electron chi connectivity index (χ2n) is 9.04. The van der Waals surface area contributed by atoms with Crippen molar-refractivity contribution >= 4 is 84.6 Å². The number of anilines is 3. The van der Waals surface area contributed by atoms with E-state index >= 15 is 0 Å². The van der Waals surface area contributed by atoms with Crippen molar-refractivity contribution in [1.82, 2.24) is 5.43 Å². The van der Waals surface area contributed by atoms with Crippen molar-refractivity contribution in [2.24, 2.45) is 20.3 Å². The van der Waals surface area contributed by atoms with Crippen LogP contribution in [0.3, 0.4) is 0 Å². The average Bonchev–Trinajstić information content (AvgIpc) is 3.18. The Kier molecular flexibility index (Phi) is 9.58. The molecule has 0 aliphatic carbocycles. The van der Waals surface area contributed by atoms with E-state index in [2.05, 4.69) is 31.1 Å². The zero-order valence-corrected chi connectivity index (χ0v) is 26.9. The molecule has 0 saturated carbocycles. The third-order valence-electron chi connectivity index (χ3n) is 6.14. The van der Waals surface area contributed by atoms with Crippen LogP contribution >= 0.6 is 23.2 Å². The Hall–Kier alpha value is -3.41. The van der Waals surface area contributed by atoms with E-state index in [0.717, 1.165) is 17.1 Å². The minimum atomic E-state index is -4.77. The second kappa shape index (κ2) is 12.7. The van der Waals surface area contributed by atoms with E-state index in [0.29, 0.717) is 21.4 Å². The minimum Gasteiger partial charge on any atom is -0.739 e. The number of aryl methyl sites for hydroxylation is 1. The third kappa shape index (κ3) is 6.73. The van der Waals surface area contributed by atoms with Crippen LogP contribution in [0.15, 0.2) is 79.8 Å². The van der Waals surface area contributed by atoms with Crippen molar-refractivity contribution in [1.29, 1.82) is 0 Å². The predicted octanol–water partition coefficient (Wildman–Crippen LogP) is 2.08. The topological polar surface area (TPSA) is 192 Å². The first kappa shape index (κ1) is 32.5. The van der Waals surface area contributed by atoms with E-state index < -0.39 is 32.9 Å². The number of azo groups is 1. The van der Waals surface area contributed by atoms with Gasteiger partial charge in [-0.05, 0) is 73.5 Å². The fraction of sp³-hybridized carbons (Fsp3) is 0.120. The van der Waals surface area contributed by atoms with Crippen molar-refractivity contribution in [2.45, 2.75) is 24.8 Å². The van der Waals surface area contributed by atoms with E-state index in [-0.39, 0.29) is 68.9 Å². The van der Waals surface area contributed by atoms with Crippen LogP contribution in [0.25, 0.3) is 0 Å². The Morgan fingerprint density at radius 2 is 1.88 bits per heavy atom. The molecule has 0 bridgehead atoms. The van der Waals surface area contributed by atoms with E-state index in [1.807, 2.05) is 0 Å². The van der Waals surface area contributed by atoms with Gasteiger partial charge in [-0.25, -0.2) is 4.99 Å². The molecule has 2 amide bonds. The van der Waals surface area contributed by atoms with Gasteiger partial charge in [0.25, 0.3) is 21.9 Å². The van der Waals surface area contributed by atoms with Gasteiger partial charge in [-0.1, -0.05) is 23.7 Å². The monoisotopic (exact) mass is 652 g/mol. The molecule has 1 atom stereocenters. The second-order valence-corrected chi connectivity index (χ2v) is 11.2. The molecule has 0 fully saturated rings. The molecule has 2 aliphatic rings. The first-order valence-electron chi connectivity index (χ1n) is 11.9. The number of hydrogen-bond acceptors (Lipinski definition) is 11. The summed E-state index contributed by atoms with van der Waals surface area (Å²) in [7, 11) is -4.77. The Morgan fingerprint density at radius 3 is 2.58 bits per heavy atom. The minimum absolute atomic E-state index is 0. The zero-order valence-electron chi connectivity index (χ0n) is 22.6. The summed E-state index contributed by atoms with van der Waals surface area (Å²) in [4.78, 5) is 29.5. The van der Waals surface area contributed by atoms with Crippen molar-refractivity contribution < 1.29 is 52.1 Å². The molecule has 5 rings (SSSR count). The van der Waals surface area contributed by atoms with Crippen molar-refractivity contribution in [3.63, 3.8) is 0 Å². The number of benzene rings is 3. The molecular formula is C25H19Cl2N8NaO6S. The van der Waals surface area contributed by atoms with Gasteiger partial charge in [-0.15, -0.1) is 0 Å². The Balaban J connectivity index is 0.00000423. The van der Waals surface area contributed by atoms with Crippen LogP contribution in [0.1, 0.15) is 22.8 Å². The van der Waals surface area contributed by atoms with Crippen LogP contribution in [0.2, 0.25) is 5.02 Å². The van der Waals surface area contributed by atoms with Crippen LogP contribution in [0.5, 0.6) is 0 Å². The summed E-state index contributed by atoms with van der Waals surface area (Å²) in [5.74, 6) is -1.24. The maximum absolute atomic E-state index is 13.2. The number of amides is 2. The molecule has 3 aromatic rings. The summed E-state index contributed by atoms with van der Waals surface area (Å²) in [5, 5.41) is 28.5. The van der Waals surface area contributed by atoms with Crippen molar-refractivity contribution in [3.8, 4) is 0 Å². The van der Waals surface area contributed by atoms with Crippen LogP contribution in [0, 0.1) is 12.1 Å². The number of carbonyl (C=O) groups is 2. The molecule has 1 unspecified atom stereocenters. The quantitative estimate of drug-likeness (QED) is 0.156. The van der Waals surface area contributed by atoms with E-state index in [4.69, 9.17) is 23.2 Å². The number of fused-ring (bicyclic) bond motifs is 1. The van der Waals surface area contributed by atoms with Gasteiger partial charge >= 0.3 is 29.6 Å². The maximum Gasteiger partial charge on any atom is 1.00 e. The molecule has 2 heterocycles. The number of hydrogen-bond donors (Lipinski definition) is 3.